The van der Waals surface area contributed by atoms with Gasteiger partial charge in [-0.2, -0.15) is 0 Å². The number of nitrogens with zero attached hydrogens (tertiary/aromatic N) is 2. The molecule has 0 atom stereocenters. The lowest BCUT2D eigenvalue weighted by Crippen LogP contribution is -2.52. The maximum absolute atomic E-state index is 12.0. The SMILES string of the molecule is C=CCCC(=O)N1CCC2(CCC(=O)N(CC)C2)CC1. The van der Waals surface area contributed by atoms with Gasteiger partial charge < -0.3 is 9.80 Å². The largest absolute Gasteiger partial charge is 0.343 e. The maximum atomic E-state index is 12.0. The van der Waals surface area contributed by atoms with E-state index in [-0.39, 0.29) is 11.3 Å². The summed E-state index contributed by atoms with van der Waals surface area (Å²) >= 11 is 0. The fourth-order valence-corrected chi connectivity index (χ4v) is 3.41. The molecule has 0 aromatic carbocycles. The molecule has 2 heterocycles. The third-order valence-corrected chi connectivity index (χ3v) is 4.87. The van der Waals surface area contributed by atoms with Crippen molar-refractivity contribution in [1.82, 2.24) is 9.80 Å². The van der Waals surface area contributed by atoms with Crippen LogP contribution < -0.4 is 0 Å². The monoisotopic (exact) mass is 278 g/mol. The second-order valence-corrected chi connectivity index (χ2v) is 6.12. The van der Waals surface area contributed by atoms with Gasteiger partial charge in [0, 0.05) is 39.0 Å². The molecule has 0 aromatic rings. The number of allylic oxidation sites excluding steroid dienone is 1. The molecule has 1 spiro atoms. The van der Waals surface area contributed by atoms with Gasteiger partial charge in [0.2, 0.25) is 11.8 Å². The Morgan fingerprint density at radius 1 is 1.35 bits per heavy atom. The van der Waals surface area contributed by atoms with E-state index in [1.54, 1.807) is 6.08 Å². The minimum Gasteiger partial charge on any atom is -0.343 e. The van der Waals surface area contributed by atoms with Crippen LogP contribution in [-0.4, -0.2) is 47.8 Å². The van der Waals surface area contributed by atoms with Crippen molar-refractivity contribution in [2.75, 3.05) is 26.2 Å². The van der Waals surface area contributed by atoms with Gasteiger partial charge in [0.25, 0.3) is 0 Å². The summed E-state index contributed by atoms with van der Waals surface area (Å²) in [5.41, 5.74) is 0.263. The molecule has 2 rings (SSSR count). The van der Waals surface area contributed by atoms with E-state index in [9.17, 15) is 9.59 Å². The number of carbonyl (C=O) groups excluding carboxylic acids is 2. The van der Waals surface area contributed by atoms with Gasteiger partial charge >= 0.3 is 0 Å². The predicted octanol–water partition coefficient (Wildman–Crippen LogP) is 2.20. The average molecular weight is 278 g/mol. The van der Waals surface area contributed by atoms with Crippen LogP contribution in [0.15, 0.2) is 12.7 Å². The van der Waals surface area contributed by atoms with Crippen LogP contribution in [0.3, 0.4) is 0 Å². The lowest BCUT2D eigenvalue weighted by atomic mass is 9.72. The van der Waals surface area contributed by atoms with Crippen molar-refractivity contribution in [2.45, 2.75) is 45.4 Å². The Balaban J connectivity index is 1.88. The summed E-state index contributed by atoms with van der Waals surface area (Å²) in [6, 6.07) is 0. The van der Waals surface area contributed by atoms with Crippen molar-refractivity contribution in [2.24, 2.45) is 5.41 Å². The molecule has 0 unspecified atom stereocenters. The quantitative estimate of drug-likeness (QED) is 0.740. The van der Waals surface area contributed by atoms with Gasteiger partial charge in [0.05, 0.1) is 0 Å². The Morgan fingerprint density at radius 3 is 2.65 bits per heavy atom. The summed E-state index contributed by atoms with van der Waals surface area (Å²) in [7, 11) is 0. The van der Waals surface area contributed by atoms with E-state index >= 15 is 0 Å². The number of piperidine rings is 2. The van der Waals surface area contributed by atoms with E-state index in [4.69, 9.17) is 0 Å². The first kappa shape index (κ1) is 15.1. The summed E-state index contributed by atoms with van der Waals surface area (Å²) in [6.45, 7) is 9.10. The topological polar surface area (TPSA) is 40.6 Å². The van der Waals surface area contributed by atoms with Crippen molar-refractivity contribution in [3.8, 4) is 0 Å². The molecule has 0 N–H and O–H groups in total. The third kappa shape index (κ3) is 3.22. The molecule has 4 heteroatoms. The van der Waals surface area contributed by atoms with Crippen LogP contribution in [-0.2, 0) is 9.59 Å². The van der Waals surface area contributed by atoms with Gasteiger partial charge in [0.15, 0.2) is 0 Å². The fourth-order valence-electron chi connectivity index (χ4n) is 3.41. The van der Waals surface area contributed by atoms with E-state index in [0.29, 0.717) is 18.7 Å². The Morgan fingerprint density at radius 2 is 2.05 bits per heavy atom. The molecule has 0 bridgehead atoms. The van der Waals surface area contributed by atoms with Crippen LogP contribution in [0.5, 0.6) is 0 Å². The molecular weight excluding hydrogens is 252 g/mol. The first-order chi connectivity index (χ1) is 9.60. The van der Waals surface area contributed by atoms with Gasteiger partial charge in [-0.15, -0.1) is 6.58 Å². The molecule has 2 fully saturated rings. The predicted molar refractivity (Wildman–Crippen MR) is 79.2 cm³/mol. The van der Waals surface area contributed by atoms with Crippen LogP contribution in [0.4, 0.5) is 0 Å². The second kappa shape index (κ2) is 6.42. The zero-order valence-corrected chi connectivity index (χ0v) is 12.6. The minimum absolute atomic E-state index is 0.249. The lowest BCUT2D eigenvalue weighted by molar-refractivity contribution is -0.142. The number of rotatable bonds is 4. The van der Waals surface area contributed by atoms with E-state index in [0.717, 1.165) is 51.9 Å². The second-order valence-electron chi connectivity index (χ2n) is 6.12. The average Bonchev–Trinajstić information content (AvgIpc) is 2.48. The molecule has 0 aliphatic carbocycles. The summed E-state index contributed by atoms with van der Waals surface area (Å²) in [6.07, 6.45) is 6.90. The summed E-state index contributed by atoms with van der Waals surface area (Å²) in [5, 5.41) is 0. The molecule has 2 saturated heterocycles. The molecule has 2 amide bonds. The fraction of sp³-hybridized carbons (Fsp3) is 0.750. The Hall–Kier alpha value is -1.32. The molecule has 112 valence electrons. The third-order valence-electron chi connectivity index (χ3n) is 4.87. The number of likely N-dealkylation sites (tertiary alicyclic amines) is 2. The van der Waals surface area contributed by atoms with E-state index in [1.807, 2.05) is 16.7 Å². The van der Waals surface area contributed by atoms with Crippen molar-refractivity contribution in [1.29, 1.82) is 0 Å². The molecule has 2 aliphatic rings. The van der Waals surface area contributed by atoms with Crippen molar-refractivity contribution in [3.05, 3.63) is 12.7 Å². The lowest BCUT2D eigenvalue weighted by Gasteiger charge is -2.47. The Labute approximate surface area is 121 Å². The van der Waals surface area contributed by atoms with Gasteiger partial charge in [-0.25, -0.2) is 0 Å². The smallest absolute Gasteiger partial charge is 0.222 e. The zero-order chi connectivity index (χ0) is 14.6. The van der Waals surface area contributed by atoms with E-state index in [1.165, 1.54) is 0 Å². The number of amides is 2. The standard InChI is InChI=1S/C16H26N2O2/c1-3-5-6-14(19)18-11-9-16(10-12-18)8-7-15(20)17(4-2)13-16/h3H,1,4-13H2,2H3. The molecule has 2 aliphatic heterocycles. The molecule has 0 radical (unpaired) electrons. The highest BCUT2D eigenvalue weighted by molar-refractivity contribution is 5.77. The molecule has 4 nitrogen and oxygen atoms in total. The van der Waals surface area contributed by atoms with E-state index < -0.39 is 0 Å². The molecular formula is C16H26N2O2. The van der Waals surface area contributed by atoms with Crippen LogP contribution >= 0.6 is 0 Å². The number of hydrogen-bond donors (Lipinski definition) is 0. The van der Waals surface area contributed by atoms with Crippen LogP contribution in [0.1, 0.15) is 45.4 Å². The Bertz CT molecular complexity index is 384. The van der Waals surface area contributed by atoms with Crippen molar-refractivity contribution in [3.63, 3.8) is 0 Å². The highest BCUT2D eigenvalue weighted by Gasteiger charge is 2.41. The highest BCUT2D eigenvalue weighted by atomic mass is 16.2. The first-order valence-electron chi connectivity index (χ1n) is 7.77. The van der Waals surface area contributed by atoms with Crippen molar-refractivity contribution >= 4 is 11.8 Å². The number of carbonyl (C=O) groups is 2. The van der Waals surface area contributed by atoms with Gasteiger partial charge in [0.1, 0.15) is 0 Å². The van der Waals surface area contributed by atoms with Crippen LogP contribution in [0.25, 0.3) is 0 Å². The van der Waals surface area contributed by atoms with Crippen LogP contribution in [0, 0.1) is 5.41 Å². The molecule has 0 saturated carbocycles. The molecule has 20 heavy (non-hydrogen) atoms. The van der Waals surface area contributed by atoms with Crippen molar-refractivity contribution < 1.29 is 9.59 Å². The van der Waals surface area contributed by atoms with Gasteiger partial charge in [-0.3, -0.25) is 9.59 Å². The maximum Gasteiger partial charge on any atom is 0.222 e. The van der Waals surface area contributed by atoms with E-state index in [2.05, 4.69) is 6.58 Å². The normalized spacial score (nSPS) is 22.1. The summed E-state index contributed by atoms with van der Waals surface area (Å²) in [4.78, 5) is 27.8. The van der Waals surface area contributed by atoms with Gasteiger partial charge in [-0.1, -0.05) is 6.08 Å². The van der Waals surface area contributed by atoms with Crippen LogP contribution in [0.2, 0.25) is 0 Å². The van der Waals surface area contributed by atoms with Gasteiger partial charge in [-0.05, 0) is 38.0 Å². The number of hydrogen-bond acceptors (Lipinski definition) is 2. The molecule has 0 aromatic heterocycles. The summed E-state index contributed by atoms with van der Waals surface area (Å²) in [5.74, 6) is 0.543. The summed E-state index contributed by atoms with van der Waals surface area (Å²) < 4.78 is 0. The first-order valence-corrected chi connectivity index (χ1v) is 7.77. The Kier molecular flexibility index (Phi) is 4.84. The highest BCUT2D eigenvalue weighted by Crippen LogP contribution is 2.40. The minimum atomic E-state index is 0.249. The zero-order valence-electron chi connectivity index (χ0n) is 12.6.